The van der Waals surface area contributed by atoms with Crippen LogP contribution in [0.25, 0.3) is 0 Å². The van der Waals surface area contributed by atoms with Crippen LogP contribution in [0.5, 0.6) is 11.5 Å². The van der Waals surface area contributed by atoms with Crippen LogP contribution >= 0.6 is 0 Å². The maximum Gasteiger partial charge on any atom is 0.127 e. The second-order valence-electron chi connectivity index (χ2n) is 6.67. The van der Waals surface area contributed by atoms with Crippen LogP contribution in [0.1, 0.15) is 44.9 Å². The van der Waals surface area contributed by atoms with E-state index in [0.717, 1.165) is 23.6 Å². The molecule has 1 N–H and O–H groups in total. The smallest absolute Gasteiger partial charge is 0.127 e. The number of benzene rings is 1. The zero-order valence-corrected chi connectivity index (χ0v) is 14.9. The zero-order chi connectivity index (χ0) is 17.0. The predicted octanol–water partition coefficient (Wildman–Crippen LogP) is 3.51. The maximum atomic E-state index is 5.47. The SMILES string of the molecule is COc1ccc([C@H](C)NCc2cnn(C(C)(C)C)c2)c(OC)c1. The molecule has 0 amide bonds. The van der Waals surface area contributed by atoms with Gasteiger partial charge < -0.3 is 14.8 Å². The summed E-state index contributed by atoms with van der Waals surface area (Å²) in [6.07, 6.45) is 4.00. The van der Waals surface area contributed by atoms with Crippen LogP contribution in [0.15, 0.2) is 30.6 Å². The highest BCUT2D eigenvalue weighted by Crippen LogP contribution is 2.29. The van der Waals surface area contributed by atoms with Crippen molar-refractivity contribution in [3.05, 3.63) is 41.7 Å². The minimum atomic E-state index is 0.00305. The van der Waals surface area contributed by atoms with Crippen LogP contribution in [0.3, 0.4) is 0 Å². The van der Waals surface area contributed by atoms with Crippen molar-refractivity contribution in [1.82, 2.24) is 15.1 Å². The van der Waals surface area contributed by atoms with E-state index in [-0.39, 0.29) is 11.6 Å². The number of rotatable bonds is 6. The number of hydrogen-bond acceptors (Lipinski definition) is 4. The lowest BCUT2D eigenvalue weighted by atomic mass is 10.1. The van der Waals surface area contributed by atoms with E-state index in [0.29, 0.717) is 0 Å². The van der Waals surface area contributed by atoms with Gasteiger partial charge >= 0.3 is 0 Å². The lowest BCUT2D eigenvalue weighted by Gasteiger charge is -2.19. The Labute approximate surface area is 138 Å². The molecule has 1 aromatic heterocycles. The molecule has 0 saturated heterocycles. The van der Waals surface area contributed by atoms with Crippen LogP contribution in [-0.4, -0.2) is 24.0 Å². The summed E-state index contributed by atoms with van der Waals surface area (Å²) in [4.78, 5) is 0. The Hall–Kier alpha value is -2.01. The number of nitrogens with one attached hydrogen (secondary N) is 1. The first-order valence-electron chi connectivity index (χ1n) is 7.84. The van der Waals surface area contributed by atoms with Gasteiger partial charge in [-0.3, -0.25) is 4.68 Å². The van der Waals surface area contributed by atoms with E-state index in [1.165, 1.54) is 5.56 Å². The van der Waals surface area contributed by atoms with Gasteiger partial charge in [-0.25, -0.2) is 0 Å². The van der Waals surface area contributed by atoms with Crippen LogP contribution < -0.4 is 14.8 Å². The van der Waals surface area contributed by atoms with Gasteiger partial charge in [-0.05, 0) is 33.8 Å². The number of hydrogen-bond donors (Lipinski definition) is 1. The first kappa shape index (κ1) is 17.3. The normalized spacial score (nSPS) is 13.0. The quantitative estimate of drug-likeness (QED) is 0.886. The lowest BCUT2D eigenvalue weighted by Crippen LogP contribution is -2.22. The molecule has 1 atom stereocenters. The molecule has 0 radical (unpaired) electrons. The summed E-state index contributed by atoms with van der Waals surface area (Å²) >= 11 is 0. The molecule has 2 rings (SSSR count). The first-order chi connectivity index (χ1) is 10.8. The Bertz CT molecular complexity index is 644. The molecule has 2 aromatic rings. The molecular formula is C18H27N3O2. The van der Waals surface area contributed by atoms with Crippen molar-refractivity contribution in [1.29, 1.82) is 0 Å². The van der Waals surface area contributed by atoms with Crippen LogP contribution in [0.2, 0.25) is 0 Å². The van der Waals surface area contributed by atoms with Crippen LogP contribution in [0, 0.1) is 0 Å². The van der Waals surface area contributed by atoms with Crippen molar-refractivity contribution in [2.24, 2.45) is 0 Å². The molecule has 23 heavy (non-hydrogen) atoms. The summed E-state index contributed by atoms with van der Waals surface area (Å²) in [7, 11) is 3.33. The van der Waals surface area contributed by atoms with E-state index in [2.05, 4.69) is 44.3 Å². The van der Waals surface area contributed by atoms with Crippen molar-refractivity contribution < 1.29 is 9.47 Å². The highest BCUT2D eigenvalue weighted by molar-refractivity contribution is 5.42. The van der Waals surface area contributed by atoms with Crippen LogP contribution in [-0.2, 0) is 12.1 Å². The molecule has 0 spiro atoms. The Morgan fingerprint density at radius 3 is 2.52 bits per heavy atom. The van der Waals surface area contributed by atoms with Gasteiger partial charge in [-0.15, -0.1) is 0 Å². The Kier molecular flexibility index (Phi) is 5.31. The van der Waals surface area contributed by atoms with Gasteiger partial charge in [0.1, 0.15) is 11.5 Å². The summed E-state index contributed by atoms with van der Waals surface area (Å²) in [5, 5.41) is 7.95. The zero-order valence-electron chi connectivity index (χ0n) is 14.9. The number of methoxy groups -OCH3 is 2. The third kappa shape index (κ3) is 4.26. The van der Waals surface area contributed by atoms with Gasteiger partial charge in [-0.1, -0.05) is 6.07 Å². The standard InChI is InChI=1S/C18H27N3O2/c1-13(16-8-7-15(22-5)9-17(16)23-6)19-10-14-11-20-21(12-14)18(2,3)4/h7-9,11-13,19H,10H2,1-6H3/t13-/m0/s1. The number of aromatic nitrogens is 2. The molecule has 0 aliphatic rings. The molecule has 0 saturated carbocycles. The van der Waals surface area contributed by atoms with Gasteiger partial charge in [0.05, 0.1) is 26.0 Å². The molecule has 0 bridgehead atoms. The second kappa shape index (κ2) is 7.04. The van der Waals surface area contributed by atoms with Gasteiger partial charge in [-0.2, -0.15) is 5.10 Å². The molecule has 0 aliphatic heterocycles. The van der Waals surface area contributed by atoms with Gasteiger partial charge in [0.25, 0.3) is 0 Å². The molecule has 0 aliphatic carbocycles. The minimum absolute atomic E-state index is 0.00305. The van der Waals surface area contributed by atoms with Gasteiger partial charge in [0, 0.05) is 36.0 Å². The summed E-state index contributed by atoms with van der Waals surface area (Å²) in [5.74, 6) is 1.62. The van der Waals surface area contributed by atoms with Crippen LogP contribution in [0.4, 0.5) is 0 Å². The third-order valence-corrected chi connectivity index (χ3v) is 3.84. The van der Waals surface area contributed by atoms with E-state index in [9.17, 15) is 0 Å². The van der Waals surface area contributed by atoms with Crippen molar-refractivity contribution in [3.63, 3.8) is 0 Å². The summed E-state index contributed by atoms with van der Waals surface area (Å²) in [6, 6.07) is 6.06. The van der Waals surface area contributed by atoms with Crippen molar-refractivity contribution in [3.8, 4) is 11.5 Å². The molecule has 5 nitrogen and oxygen atoms in total. The highest BCUT2D eigenvalue weighted by atomic mass is 16.5. The molecule has 126 valence electrons. The van der Waals surface area contributed by atoms with E-state index < -0.39 is 0 Å². The molecule has 0 fully saturated rings. The molecule has 1 aromatic carbocycles. The molecular weight excluding hydrogens is 290 g/mol. The van der Waals surface area contributed by atoms with Gasteiger partial charge in [0.15, 0.2) is 0 Å². The number of nitrogens with zero attached hydrogens (tertiary/aromatic N) is 2. The summed E-state index contributed by atoms with van der Waals surface area (Å²) in [6.45, 7) is 9.30. The molecule has 1 heterocycles. The van der Waals surface area contributed by atoms with Crippen molar-refractivity contribution in [2.75, 3.05) is 14.2 Å². The first-order valence-corrected chi connectivity index (χ1v) is 7.84. The monoisotopic (exact) mass is 317 g/mol. The van der Waals surface area contributed by atoms with E-state index in [4.69, 9.17) is 9.47 Å². The minimum Gasteiger partial charge on any atom is -0.497 e. The van der Waals surface area contributed by atoms with E-state index in [1.54, 1.807) is 14.2 Å². The largest absolute Gasteiger partial charge is 0.497 e. The van der Waals surface area contributed by atoms with E-state index >= 15 is 0 Å². The van der Waals surface area contributed by atoms with Crippen molar-refractivity contribution >= 4 is 0 Å². The summed E-state index contributed by atoms with van der Waals surface area (Å²) in [5.41, 5.74) is 2.28. The Morgan fingerprint density at radius 2 is 1.96 bits per heavy atom. The fraction of sp³-hybridized carbons (Fsp3) is 0.500. The summed E-state index contributed by atoms with van der Waals surface area (Å²) < 4.78 is 12.7. The fourth-order valence-corrected chi connectivity index (χ4v) is 2.38. The van der Waals surface area contributed by atoms with E-state index in [1.807, 2.05) is 29.1 Å². The van der Waals surface area contributed by atoms with Crippen molar-refractivity contribution in [2.45, 2.75) is 45.8 Å². The fourth-order valence-electron chi connectivity index (χ4n) is 2.38. The Morgan fingerprint density at radius 1 is 1.22 bits per heavy atom. The second-order valence-corrected chi connectivity index (χ2v) is 6.67. The maximum absolute atomic E-state index is 5.47. The lowest BCUT2D eigenvalue weighted by molar-refractivity contribution is 0.355. The third-order valence-electron chi connectivity index (χ3n) is 3.84. The molecule has 0 unspecified atom stereocenters. The predicted molar refractivity (Wildman–Crippen MR) is 92.0 cm³/mol. The number of ether oxygens (including phenoxy) is 2. The molecule has 5 heteroatoms. The highest BCUT2D eigenvalue weighted by Gasteiger charge is 2.15. The Balaban J connectivity index is 2.05. The average Bonchev–Trinajstić information content (AvgIpc) is 3.01. The average molecular weight is 317 g/mol. The topological polar surface area (TPSA) is 48.3 Å². The van der Waals surface area contributed by atoms with Gasteiger partial charge in [0.2, 0.25) is 0 Å².